The van der Waals surface area contributed by atoms with Gasteiger partial charge in [0.1, 0.15) is 5.75 Å². The van der Waals surface area contributed by atoms with Gasteiger partial charge in [-0.15, -0.1) is 37.1 Å². The molecule has 1 fully saturated rings. The van der Waals surface area contributed by atoms with Crippen molar-refractivity contribution in [1.82, 2.24) is 4.90 Å². The highest BCUT2D eigenvalue weighted by Crippen LogP contribution is 2.24. The van der Waals surface area contributed by atoms with Gasteiger partial charge in [0.15, 0.2) is 5.96 Å². The fraction of sp³-hybridized carbons (Fsp3) is 0.588. The molecular weight excluding hydrogens is 476 g/mol. The van der Waals surface area contributed by atoms with Crippen molar-refractivity contribution in [3.8, 4) is 5.75 Å². The van der Waals surface area contributed by atoms with Gasteiger partial charge >= 0.3 is 6.36 Å². The molecule has 1 aliphatic rings. The van der Waals surface area contributed by atoms with Crippen molar-refractivity contribution in [1.29, 1.82) is 0 Å². The van der Waals surface area contributed by atoms with Crippen LogP contribution in [0.4, 0.5) is 18.9 Å². The van der Waals surface area contributed by atoms with Gasteiger partial charge in [-0.2, -0.15) is 0 Å². The lowest BCUT2D eigenvalue weighted by Crippen LogP contribution is -2.37. The third kappa shape index (κ3) is 9.47. The smallest absolute Gasteiger partial charge is 0.406 e. The number of hydrogen-bond acceptors (Lipinski definition) is 4. The third-order valence-corrected chi connectivity index (χ3v) is 4.20. The van der Waals surface area contributed by atoms with Gasteiger partial charge in [-0.3, -0.25) is 4.99 Å². The summed E-state index contributed by atoms with van der Waals surface area (Å²) in [6, 6.07) is 5.35. The average molecular weight is 502 g/mol. The number of alkyl halides is 3. The first-order chi connectivity index (χ1) is 12.4. The minimum absolute atomic E-state index is 0. The lowest BCUT2D eigenvalue weighted by atomic mass is 9.97. The Bertz CT molecular complexity index is 577. The lowest BCUT2D eigenvalue weighted by Gasteiger charge is -2.30. The maximum Gasteiger partial charge on any atom is 0.573 e. The molecule has 0 unspecified atom stereocenters. The Morgan fingerprint density at radius 2 is 1.89 bits per heavy atom. The summed E-state index contributed by atoms with van der Waals surface area (Å²) in [5.74, 6) is 0.451. The highest BCUT2D eigenvalue weighted by molar-refractivity contribution is 14.0. The summed E-state index contributed by atoms with van der Waals surface area (Å²) in [6.45, 7) is 4.37. The molecule has 0 bridgehead atoms. The number of aliphatic imine (C=N–C) groups is 1. The molecule has 1 heterocycles. The summed E-state index contributed by atoms with van der Waals surface area (Å²) < 4.78 is 45.3. The van der Waals surface area contributed by atoms with Gasteiger partial charge in [0.2, 0.25) is 0 Å². The number of ether oxygens (including phenoxy) is 2. The highest BCUT2D eigenvalue weighted by Gasteiger charge is 2.30. The Morgan fingerprint density at radius 3 is 2.44 bits per heavy atom. The lowest BCUT2D eigenvalue weighted by molar-refractivity contribution is -0.274. The zero-order valence-corrected chi connectivity index (χ0v) is 17.5. The maximum absolute atomic E-state index is 12.1. The van der Waals surface area contributed by atoms with Gasteiger partial charge in [-0.1, -0.05) is 0 Å². The molecule has 3 N–H and O–H groups in total. The maximum atomic E-state index is 12.1. The Labute approximate surface area is 174 Å². The van der Waals surface area contributed by atoms with Gasteiger partial charge < -0.3 is 25.4 Å². The van der Waals surface area contributed by atoms with E-state index in [0.717, 1.165) is 39.1 Å². The fourth-order valence-electron chi connectivity index (χ4n) is 2.77. The van der Waals surface area contributed by atoms with E-state index in [-0.39, 0.29) is 35.7 Å². The van der Waals surface area contributed by atoms with Crippen molar-refractivity contribution in [2.75, 3.05) is 45.2 Å². The number of piperidine rings is 1. The van der Waals surface area contributed by atoms with Crippen molar-refractivity contribution < 1.29 is 22.6 Å². The molecule has 0 aromatic heterocycles. The van der Waals surface area contributed by atoms with Crippen molar-refractivity contribution in [3.63, 3.8) is 0 Å². The number of hydrogen-bond donors (Lipinski definition) is 2. The summed E-state index contributed by atoms with van der Waals surface area (Å²) in [6.07, 6.45) is -2.58. The van der Waals surface area contributed by atoms with Gasteiger partial charge in [0.25, 0.3) is 0 Å². The Balaban J connectivity index is 0.00000364. The van der Waals surface area contributed by atoms with E-state index in [0.29, 0.717) is 18.2 Å². The Kier molecular flexibility index (Phi) is 10.2. The number of nitrogens with two attached hydrogens (primary N) is 1. The van der Waals surface area contributed by atoms with Crippen LogP contribution < -0.4 is 15.8 Å². The quantitative estimate of drug-likeness (QED) is 0.340. The minimum atomic E-state index is -4.70. The molecule has 1 aromatic rings. The second-order valence-electron chi connectivity index (χ2n) is 6.20. The molecule has 1 aliphatic heterocycles. The third-order valence-electron chi connectivity index (χ3n) is 4.20. The van der Waals surface area contributed by atoms with Crippen LogP contribution in [0.15, 0.2) is 29.3 Å². The predicted molar refractivity (Wildman–Crippen MR) is 110 cm³/mol. The number of likely N-dealkylation sites (tertiary alicyclic amines) is 1. The van der Waals surface area contributed by atoms with Gasteiger partial charge in [0.05, 0.1) is 6.61 Å². The number of rotatable bonds is 7. The molecule has 0 aliphatic carbocycles. The molecule has 6 nitrogen and oxygen atoms in total. The summed E-state index contributed by atoms with van der Waals surface area (Å²) in [5, 5.41) is 2.87. The van der Waals surface area contributed by atoms with Crippen LogP contribution in [-0.2, 0) is 4.74 Å². The van der Waals surface area contributed by atoms with Gasteiger partial charge in [-0.05, 0) is 56.1 Å². The fourth-order valence-corrected chi connectivity index (χ4v) is 2.77. The number of nitrogens with one attached hydrogen (secondary N) is 1. The highest BCUT2D eigenvalue weighted by atomic mass is 127. The first-order valence-corrected chi connectivity index (χ1v) is 8.50. The van der Waals surface area contributed by atoms with Crippen LogP contribution in [0, 0.1) is 5.92 Å². The van der Waals surface area contributed by atoms with E-state index >= 15 is 0 Å². The van der Waals surface area contributed by atoms with E-state index in [4.69, 9.17) is 10.5 Å². The Hall–Kier alpha value is -1.27. The van der Waals surface area contributed by atoms with Gasteiger partial charge in [-0.25, -0.2) is 0 Å². The average Bonchev–Trinajstić information content (AvgIpc) is 2.59. The normalized spacial score (nSPS) is 16.7. The van der Waals surface area contributed by atoms with E-state index in [1.807, 2.05) is 0 Å². The van der Waals surface area contributed by atoms with Crippen LogP contribution in [0.2, 0.25) is 0 Å². The molecule has 0 saturated carbocycles. The van der Waals surface area contributed by atoms with Crippen molar-refractivity contribution in [2.24, 2.45) is 16.6 Å². The molecule has 1 aromatic carbocycles. The van der Waals surface area contributed by atoms with E-state index in [9.17, 15) is 13.2 Å². The minimum Gasteiger partial charge on any atom is -0.406 e. The van der Waals surface area contributed by atoms with Crippen LogP contribution in [-0.4, -0.2) is 57.1 Å². The molecule has 0 amide bonds. The van der Waals surface area contributed by atoms with Crippen LogP contribution in [0.3, 0.4) is 0 Å². The van der Waals surface area contributed by atoms with E-state index in [1.54, 1.807) is 7.11 Å². The number of benzene rings is 1. The molecule has 0 radical (unpaired) electrons. The number of nitrogens with zero attached hydrogens (tertiary/aromatic N) is 2. The van der Waals surface area contributed by atoms with Crippen LogP contribution in [0.5, 0.6) is 5.75 Å². The number of anilines is 1. The monoisotopic (exact) mass is 502 g/mol. The zero-order valence-electron chi connectivity index (χ0n) is 15.2. The summed E-state index contributed by atoms with van der Waals surface area (Å²) >= 11 is 0. The van der Waals surface area contributed by atoms with Crippen molar-refractivity contribution in [2.45, 2.75) is 19.2 Å². The first kappa shape index (κ1) is 23.8. The Morgan fingerprint density at radius 1 is 1.26 bits per heavy atom. The van der Waals surface area contributed by atoms with Gasteiger partial charge in [0, 0.05) is 25.9 Å². The van der Waals surface area contributed by atoms with Crippen LogP contribution >= 0.6 is 24.0 Å². The number of methoxy groups -OCH3 is 1. The molecule has 0 spiro atoms. The predicted octanol–water partition coefficient (Wildman–Crippen LogP) is 3.29. The SMILES string of the molecule is COCCN1CCC(CN=C(N)Nc2ccc(OC(F)(F)F)cc2)CC1.I. The van der Waals surface area contributed by atoms with Crippen molar-refractivity contribution >= 4 is 35.6 Å². The second-order valence-corrected chi connectivity index (χ2v) is 6.20. The number of guanidine groups is 1. The molecule has 0 atom stereocenters. The second kappa shape index (κ2) is 11.5. The standard InChI is InChI=1S/C17H25F3N4O2.HI/c1-25-11-10-24-8-6-13(7-9-24)12-22-16(21)23-14-2-4-15(5-3-14)26-17(18,19)20;/h2-5,13H,6-12H2,1H3,(H3,21,22,23);1H. The molecule has 10 heteroatoms. The van der Waals surface area contributed by atoms with E-state index in [1.165, 1.54) is 24.3 Å². The molecular formula is C17H26F3IN4O2. The zero-order chi connectivity index (χ0) is 19.0. The first-order valence-electron chi connectivity index (χ1n) is 8.50. The molecule has 27 heavy (non-hydrogen) atoms. The van der Waals surface area contributed by atoms with E-state index in [2.05, 4.69) is 19.9 Å². The summed E-state index contributed by atoms with van der Waals surface area (Å²) in [5.41, 5.74) is 6.41. The van der Waals surface area contributed by atoms with Crippen LogP contribution in [0.25, 0.3) is 0 Å². The van der Waals surface area contributed by atoms with Crippen LogP contribution in [0.1, 0.15) is 12.8 Å². The van der Waals surface area contributed by atoms with E-state index < -0.39 is 6.36 Å². The number of halogens is 4. The molecule has 2 rings (SSSR count). The topological polar surface area (TPSA) is 72.1 Å². The summed E-state index contributed by atoms with van der Waals surface area (Å²) in [7, 11) is 1.70. The summed E-state index contributed by atoms with van der Waals surface area (Å²) in [4.78, 5) is 6.71. The molecule has 1 saturated heterocycles. The largest absolute Gasteiger partial charge is 0.573 e. The molecule has 154 valence electrons. The van der Waals surface area contributed by atoms with Crippen molar-refractivity contribution in [3.05, 3.63) is 24.3 Å².